The number of fused-ring (bicyclic) bond motifs is 5. The van der Waals surface area contributed by atoms with Gasteiger partial charge in [-0.1, -0.05) is 18.9 Å². The van der Waals surface area contributed by atoms with E-state index in [1.54, 1.807) is 0 Å². The SMILES string of the molecule is CCCN1CCc2c(sc3c2c(N2CCC(C)CC2)nc2nnnn23)C1. The van der Waals surface area contributed by atoms with Gasteiger partial charge in [0, 0.05) is 31.1 Å². The van der Waals surface area contributed by atoms with Crippen molar-refractivity contribution < 1.29 is 0 Å². The lowest BCUT2D eigenvalue weighted by atomic mass is 9.98. The van der Waals surface area contributed by atoms with Crippen molar-refractivity contribution in [3.05, 3.63) is 10.4 Å². The number of anilines is 1. The fourth-order valence-electron chi connectivity index (χ4n) is 4.31. The third kappa shape index (κ3) is 2.58. The van der Waals surface area contributed by atoms with Crippen molar-refractivity contribution in [2.75, 3.05) is 31.1 Å². The Labute approximate surface area is 157 Å². The summed E-state index contributed by atoms with van der Waals surface area (Å²) in [5, 5.41) is 13.5. The van der Waals surface area contributed by atoms with Crippen LogP contribution in [0.5, 0.6) is 0 Å². The van der Waals surface area contributed by atoms with Gasteiger partial charge in [0.15, 0.2) is 0 Å². The van der Waals surface area contributed by atoms with Gasteiger partial charge in [-0.05, 0) is 54.1 Å². The molecule has 0 aromatic carbocycles. The zero-order valence-corrected chi connectivity index (χ0v) is 16.3. The lowest BCUT2D eigenvalue weighted by Gasteiger charge is -2.32. The Morgan fingerprint density at radius 1 is 1.19 bits per heavy atom. The molecule has 5 rings (SSSR count). The first kappa shape index (κ1) is 16.4. The van der Waals surface area contributed by atoms with Crippen LogP contribution in [-0.4, -0.2) is 56.1 Å². The van der Waals surface area contributed by atoms with E-state index in [1.165, 1.54) is 41.6 Å². The summed E-state index contributed by atoms with van der Waals surface area (Å²) in [6, 6.07) is 0. The quantitative estimate of drug-likeness (QED) is 0.705. The maximum atomic E-state index is 4.89. The van der Waals surface area contributed by atoms with E-state index in [1.807, 2.05) is 15.9 Å². The molecule has 8 heteroatoms. The molecule has 0 N–H and O–H groups in total. The van der Waals surface area contributed by atoms with E-state index in [0.29, 0.717) is 5.78 Å². The Bertz CT molecular complexity index is 938. The first-order valence-electron chi connectivity index (χ1n) is 9.74. The predicted octanol–water partition coefficient (Wildman–Crippen LogP) is 2.74. The molecule has 0 atom stereocenters. The Hall–Kier alpha value is -1.80. The standard InChI is InChI=1S/C18H25N7S/c1-3-7-23-8-6-13-14(11-23)26-17-15(13)16(19-18-20-21-22-25(17)18)24-9-4-12(2)5-10-24/h12H,3-11H2,1-2H3. The maximum absolute atomic E-state index is 4.89. The first-order valence-corrected chi connectivity index (χ1v) is 10.6. The Kier molecular flexibility index (Phi) is 4.04. The van der Waals surface area contributed by atoms with Crippen molar-refractivity contribution in [3.8, 4) is 0 Å². The van der Waals surface area contributed by atoms with Crippen molar-refractivity contribution in [1.82, 2.24) is 29.9 Å². The lowest BCUT2D eigenvalue weighted by Crippen LogP contribution is -2.34. The highest BCUT2D eigenvalue weighted by molar-refractivity contribution is 7.19. The van der Waals surface area contributed by atoms with Gasteiger partial charge in [-0.3, -0.25) is 4.90 Å². The minimum Gasteiger partial charge on any atom is -0.356 e. The molecule has 26 heavy (non-hydrogen) atoms. The van der Waals surface area contributed by atoms with E-state index < -0.39 is 0 Å². The van der Waals surface area contributed by atoms with E-state index in [0.717, 1.165) is 49.2 Å². The van der Waals surface area contributed by atoms with E-state index in [9.17, 15) is 0 Å². The van der Waals surface area contributed by atoms with Crippen LogP contribution >= 0.6 is 11.3 Å². The molecule has 7 nitrogen and oxygen atoms in total. The van der Waals surface area contributed by atoms with Crippen LogP contribution in [0.1, 0.15) is 43.6 Å². The molecular weight excluding hydrogens is 346 g/mol. The predicted molar refractivity (Wildman–Crippen MR) is 104 cm³/mol. The number of thiophene rings is 1. The molecule has 0 radical (unpaired) electrons. The van der Waals surface area contributed by atoms with Crippen LogP contribution in [0.25, 0.3) is 16.0 Å². The fraction of sp³-hybridized carbons (Fsp3) is 0.667. The molecule has 3 aromatic rings. The molecule has 0 saturated carbocycles. The third-order valence-corrected chi connectivity index (χ3v) is 7.01. The van der Waals surface area contributed by atoms with Crippen molar-refractivity contribution in [3.63, 3.8) is 0 Å². The van der Waals surface area contributed by atoms with Gasteiger partial charge in [0.05, 0.1) is 5.39 Å². The highest BCUT2D eigenvalue weighted by Gasteiger charge is 2.28. The number of aromatic nitrogens is 5. The third-order valence-electron chi connectivity index (χ3n) is 5.82. The van der Waals surface area contributed by atoms with Crippen LogP contribution in [0, 0.1) is 5.92 Å². The monoisotopic (exact) mass is 371 g/mol. The molecule has 3 aromatic heterocycles. The minimum absolute atomic E-state index is 0.620. The summed E-state index contributed by atoms with van der Waals surface area (Å²) in [6.07, 6.45) is 4.77. The maximum Gasteiger partial charge on any atom is 0.276 e. The van der Waals surface area contributed by atoms with Crippen LogP contribution in [0.4, 0.5) is 5.82 Å². The van der Waals surface area contributed by atoms with Gasteiger partial charge in [-0.2, -0.15) is 9.50 Å². The van der Waals surface area contributed by atoms with Gasteiger partial charge >= 0.3 is 0 Å². The summed E-state index contributed by atoms with van der Waals surface area (Å²) in [7, 11) is 0. The number of tetrazole rings is 1. The molecule has 5 heterocycles. The van der Waals surface area contributed by atoms with Gasteiger partial charge < -0.3 is 4.90 Å². The zero-order chi connectivity index (χ0) is 17.7. The molecule has 2 aliphatic heterocycles. The Balaban J connectivity index is 1.66. The van der Waals surface area contributed by atoms with Crippen LogP contribution < -0.4 is 4.90 Å². The summed E-state index contributed by atoms with van der Waals surface area (Å²) in [5.41, 5.74) is 1.48. The van der Waals surface area contributed by atoms with E-state index in [4.69, 9.17) is 4.98 Å². The number of rotatable bonds is 3. The Morgan fingerprint density at radius 2 is 2.04 bits per heavy atom. The van der Waals surface area contributed by atoms with E-state index >= 15 is 0 Å². The van der Waals surface area contributed by atoms with Gasteiger partial charge in [-0.25, -0.2) is 0 Å². The van der Waals surface area contributed by atoms with Gasteiger partial charge in [0.2, 0.25) is 0 Å². The Morgan fingerprint density at radius 3 is 2.85 bits per heavy atom. The molecule has 0 spiro atoms. The summed E-state index contributed by atoms with van der Waals surface area (Å²) in [6.45, 7) is 10.1. The molecule has 0 unspecified atom stereocenters. The molecule has 1 fully saturated rings. The molecule has 2 aliphatic rings. The smallest absolute Gasteiger partial charge is 0.276 e. The number of hydrogen-bond acceptors (Lipinski definition) is 7. The molecular formula is C18H25N7S. The second kappa shape index (κ2) is 6.42. The summed E-state index contributed by atoms with van der Waals surface area (Å²) < 4.78 is 1.83. The number of hydrogen-bond donors (Lipinski definition) is 0. The summed E-state index contributed by atoms with van der Waals surface area (Å²) in [5.74, 6) is 2.53. The second-order valence-electron chi connectivity index (χ2n) is 7.71. The number of piperidine rings is 1. The van der Waals surface area contributed by atoms with Gasteiger partial charge in [0.1, 0.15) is 10.6 Å². The van der Waals surface area contributed by atoms with E-state index in [2.05, 4.69) is 39.2 Å². The summed E-state index contributed by atoms with van der Waals surface area (Å²) in [4.78, 5) is 12.5. The van der Waals surface area contributed by atoms with Crippen LogP contribution in [0.2, 0.25) is 0 Å². The average molecular weight is 372 g/mol. The van der Waals surface area contributed by atoms with Crippen LogP contribution in [-0.2, 0) is 13.0 Å². The fourth-order valence-corrected chi connectivity index (χ4v) is 5.64. The molecule has 1 saturated heterocycles. The van der Waals surface area contributed by atoms with Gasteiger partial charge in [-0.15, -0.1) is 11.3 Å². The topological polar surface area (TPSA) is 62.5 Å². The van der Waals surface area contributed by atoms with Crippen LogP contribution in [0.15, 0.2) is 0 Å². The van der Waals surface area contributed by atoms with Crippen molar-refractivity contribution >= 4 is 33.1 Å². The largest absolute Gasteiger partial charge is 0.356 e. The normalized spacial score (nSPS) is 19.5. The lowest BCUT2D eigenvalue weighted by molar-refractivity contribution is 0.258. The second-order valence-corrected chi connectivity index (χ2v) is 8.79. The van der Waals surface area contributed by atoms with Gasteiger partial charge in [0.25, 0.3) is 5.78 Å². The molecule has 0 aliphatic carbocycles. The summed E-state index contributed by atoms with van der Waals surface area (Å²) >= 11 is 1.85. The average Bonchev–Trinajstić information content (AvgIpc) is 3.25. The molecule has 0 bridgehead atoms. The zero-order valence-electron chi connectivity index (χ0n) is 15.5. The molecule has 0 amide bonds. The van der Waals surface area contributed by atoms with Crippen LogP contribution in [0.3, 0.4) is 0 Å². The van der Waals surface area contributed by atoms with Crippen molar-refractivity contribution in [1.29, 1.82) is 0 Å². The van der Waals surface area contributed by atoms with E-state index in [-0.39, 0.29) is 0 Å². The highest BCUT2D eigenvalue weighted by atomic mass is 32.1. The first-order chi connectivity index (χ1) is 12.7. The number of nitrogens with zero attached hydrogens (tertiary/aromatic N) is 7. The molecule has 138 valence electrons. The van der Waals surface area contributed by atoms with Crippen molar-refractivity contribution in [2.45, 2.75) is 46.1 Å². The minimum atomic E-state index is 0.620. The van der Waals surface area contributed by atoms with Crippen molar-refractivity contribution in [2.24, 2.45) is 5.92 Å². The highest BCUT2D eigenvalue weighted by Crippen LogP contribution is 2.40.